The molecule has 0 aromatic heterocycles. The summed E-state index contributed by atoms with van der Waals surface area (Å²) in [5, 5.41) is 3.45. The van der Waals surface area contributed by atoms with Crippen LogP contribution in [-0.2, 0) is 6.54 Å². The molecule has 1 fully saturated rings. The third-order valence-electron chi connectivity index (χ3n) is 3.75. The highest BCUT2D eigenvalue weighted by atomic mass is 16.5. The van der Waals surface area contributed by atoms with Crippen molar-refractivity contribution in [3.8, 4) is 5.75 Å². The number of nitrogens with zero attached hydrogens (tertiary/aromatic N) is 2. The molecule has 0 aliphatic carbocycles. The smallest absolute Gasteiger partial charge is 0.193 e. The van der Waals surface area contributed by atoms with Crippen LogP contribution in [0.5, 0.6) is 5.75 Å². The Labute approximate surface area is 121 Å². The van der Waals surface area contributed by atoms with Gasteiger partial charge in [0.25, 0.3) is 0 Å². The summed E-state index contributed by atoms with van der Waals surface area (Å²) < 4.78 is 5.25. The van der Waals surface area contributed by atoms with E-state index in [-0.39, 0.29) is 0 Å². The molecule has 1 atom stereocenters. The first-order valence-corrected chi connectivity index (χ1v) is 7.31. The van der Waals surface area contributed by atoms with Gasteiger partial charge in [-0.25, -0.2) is 0 Å². The Balaban J connectivity index is 1.93. The second-order valence-corrected chi connectivity index (χ2v) is 5.45. The van der Waals surface area contributed by atoms with Gasteiger partial charge in [-0.2, -0.15) is 0 Å². The van der Waals surface area contributed by atoms with E-state index in [2.05, 4.69) is 34.3 Å². The lowest BCUT2D eigenvalue weighted by atomic mass is 10.0. The lowest BCUT2D eigenvalue weighted by Crippen LogP contribution is -2.45. The first-order valence-electron chi connectivity index (χ1n) is 7.31. The first-order chi connectivity index (χ1) is 9.72. The number of aliphatic imine (C=N–C) groups is 1. The number of guanidine groups is 1. The maximum atomic E-state index is 5.25. The van der Waals surface area contributed by atoms with Crippen molar-refractivity contribution in [3.05, 3.63) is 29.8 Å². The SMILES string of the molecule is CN=C(NCc1cccc(OC)c1)N1CCCC(C)C1. The van der Waals surface area contributed by atoms with Crippen LogP contribution in [0.3, 0.4) is 0 Å². The van der Waals surface area contributed by atoms with Crippen LogP contribution in [0, 0.1) is 5.92 Å². The quantitative estimate of drug-likeness (QED) is 0.680. The summed E-state index contributed by atoms with van der Waals surface area (Å²) in [5.74, 6) is 2.64. The number of piperidine rings is 1. The fourth-order valence-corrected chi connectivity index (χ4v) is 2.68. The van der Waals surface area contributed by atoms with E-state index in [1.807, 2.05) is 19.2 Å². The molecule has 2 rings (SSSR count). The predicted octanol–water partition coefficient (Wildman–Crippen LogP) is 2.50. The summed E-state index contributed by atoms with van der Waals surface area (Å²) >= 11 is 0. The van der Waals surface area contributed by atoms with Crippen LogP contribution in [-0.4, -0.2) is 38.1 Å². The molecule has 1 aromatic rings. The third kappa shape index (κ3) is 3.89. The maximum Gasteiger partial charge on any atom is 0.193 e. The van der Waals surface area contributed by atoms with E-state index in [1.165, 1.54) is 18.4 Å². The fraction of sp³-hybridized carbons (Fsp3) is 0.562. The molecule has 1 heterocycles. The molecule has 0 saturated carbocycles. The van der Waals surface area contributed by atoms with Crippen LogP contribution >= 0.6 is 0 Å². The van der Waals surface area contributed by atoms with Gasteiger partial charge >= 0.3 is 0 Å². The lowest BCUT2D eigenvalue weighted by Gasteiger charge is -2.33. The molecule has 0 spiro atoms. The molecule has 1 N–H and O–H groups in total. The van der Waals surface area contributed by atoms with Gasteiger partial charge in [-0.05, 0) is 36.5 Å². The number of hydrogen-bond acceptors (Lipinski definition) is 2. The Kier molecular flexibility index (Phi) is 5.27. The van der Waals surface area contributed by atoms with Gasteiger partial charge in [-0.3, -0.25) is 4.99 Å². The molecular weight excluding hydrogens is 250 g/mol. The second-order valence-electron chi connectivity index (χ2n) is 5.45. The van der Waals surface area contributed by atoms with Gasteiger partial charge in [0.1, 0.15) is 5.75 Å². The van der Waals surface area contributed by atoms with Crippen LogP contribution in [0.15, 0.2) is 29.3 Å². The molecule has 1 unspecified atom stereocenters. The summed E-state index contributed by atoms with van der Waals surface area (Å²) in [7, 11) is 3.55. The van der Waals surface area contributed by atoms with Crippen LogP contribution in [0.2, 0.25) is 0 Å². The topological polar surface area (TPSA) is 36.9 Å². The molecule has 0 amide bonds. The molecular formula is C16H25N3O. The predicted molar refractivity (Wildman–Crippen MR) is 83.2 cm³/mol. The second kappa shape index (κ2) is 7.17. The Morgan fingerprint density at radius 3 is 3.05 bits per heavy atom. The van der Waals surface area contributed by atoms with E-state index in [4.69, 9.17) is 4.74 Å². The summed E-state index contributed by atoms with van der Waals surface area (Å²) in [5.41, 5.74) is 1.20. The Morgan fingerprint density at radius 1 is 1.50 bits per heavy atom. The monoisotopic (exact) mass is 275 g/mol. The van der Waals surface area contributed by atoms with Crippen molar-refractivity contribution in [2.75, 3.05) is 27.2 Å². The largest absolute Gasteiger partial charge is 0.497 e. The van der Waals surface area contributed by atoms with Crippen molar-refractivity contribution in [2.45, 2.75) is 26.3 Å². The van der Waals surface area contributed by atoms with Crippen molar-refractivity contribution >= 4 is 5.96 Å². The highest BCUT2D eigenvalue weighted by Crippen LogP contribution is 2.16. The van der Waals surface area contributed by atoms with Crippen molar-refractivity contribution in [3.63, 3.8) is 0 Å². The van der Waals surface area contributed by atoms with E-state index < -0.39 is 0 Å². The zero-order valence-electron chi connectivity index (χ0n) is 12.7. The van der Waals surface area contributed by atoms with Gasteiger partial charge in [0.05, 0.1) is 7.11 Å². The average molecular weight is 275 g/mol. The van der Waals surface area contributed by atoms with Gasteiger partial charge in [0.2, 0.25) is 0 Å². The van der Waals surface area contributed by atoms with Gasteiger partial charge in [-0.15, -0.1) is 0 Å². The normalized spacial score (nSPS) is 19.9. The van der Waals surface area contributed by atoms with Crippen molar-refractivity contribution < 1.29 is 4.74 Å². The molecule has 4 nitrogen and oxygen atoms in total. The first kappa shape index (κ1) is 14.7. The molecule has 4 heteroatoms. The molecule has 20 heavy (non-hydrogen) atoms. The molecule has 1 saturated heterocycles. The number of ether oxygens (including phenoxy) is 1. The van der Waals surface area contributed by atoms with Crippen LogP contribution in [0.4, 0.5) is 0 Å². The highest BCUT2D eigenvalue weighted by Gasteiger charge is 2.18. The molecule has 0 bridgehead atoms. The zero-order valence-corrected chi connectivity index (χ0v) is 12.7. The molecule has 1 aromatic carbocycles. The number of hydrogen-bond donors (Lipinski definition) is 1. The van der Waals surface area contributed by atoms with Crippen LogP contribution in [0.1, 0.15) is 25.3 Å². The summed E-state index contributed by atoms with van der Waals surface area (Å²) in [4.78, 5) is 6.76. The Morgan fingerprint density at radius 2 is 2.35 bits per heavy atom. The Hall–Kier alpha value is -1.71. The summed E-state index contributed by atoms with van der Waals surface area (Å²) in [6.07, 6.45) is 2.57. The van der Waals surface area contributed by atoms with Crippen LogP contribution < -0.4 is 10.1 Å². The van der Waals surface area contributed by atoms with E-state index in [0.29, 0.717) is 0 Å². The van der Waals surface area contributed by atoms with Crippen molar-refractivity contribution in [1.29, 1.82) is 0 Å². The number of benzene rings is 1. The molecule has 1 aliphatic rings. The minimum Gasteiger partial charge on any atom is -0.497 e. The Bertz CT molecular complexity index is 459. The minimum absolute atomic E-state index is 0.749. The molecule has 0 radical (unpaired) electrons. The summed E-state index contributed by atoms with van der Waals surface area (Å²) in [6, 6.07) is 8.13. The van der Waals surface area contributed by atoms with E-state index >= 15 is 0 Å². The van der Waals surface area contributed by atoms with Crippen molar-refractivity contribution in [2.24, 2.45) is 10.9 Å². The van der Waals surface area contributed by atoms with E-state index in [0.717, 1.165) is 37.3 Å². The fourth-order valence-electron chi connectivity index (χ4n) is 2.68. The zero-order chi connectivity index (χ0) is 14.4. The highest BCUT2D eigenvalue weighted by molar-refractivity contribution is 5.80. The average Bonchev–Trinajstić information content (AvgIpc) is 2.48. The van der Waals surface area contributed by atoms with Crippen molar-refractivity contribution in [1.82, 2.24) is 10.2 Å². The standard InChI is InChI=1S/C16H25N3O/c1-13-6-5-9-19(12-13)16(17-2)18-11-14-7-4-8-15(10-14)20-3/h4,7-8,10,13H,5-6,9,11-12H2,1-3H3,(H,17,18). The van der Waals surface area contributed by atoms with E-state index in [9.17, 15) is 0 Å². The number of rotatable bonds is 3. The maximum absolute atomic E-state index is 5.25. The number of nitrogens with one attached hydrogen (secondary N) is 1. The van der Waals surface area contributed by atoms with Gasteiger partial charge in [0.15, 0.2) is 5.96 Å². The van der Waals surface area contributed by atoms with Crippen LogP contribution in [0.25, 0.3) is 0 Å². The van der Waals surface area contributed by atoms with Gasteiger partial charge < -0.3 is 15.0 Å². The molecule has 110 valence electrons. The minimum atomic E-state index is 0.749. The number of likely N-dealkylation sites (tertiary alicyclic amines) is 1. The lowest BCUT2D eigenvalue weighted by molar-refractivity contribution is 0.266. The summed E-state index contributed by atoms with van der Waals surface area (Å²) in [6.45, 7) is 5.27. The molecule has 1 aliphatic heterocycles. The van der Waals surface area contributed by atoms with E-state index in [1.54, 1.807) is 7.11 Å². The van der Waals surface area contributed by atoms with Gasteiger partial charge in [0, 0.05) is 26.7 Å². The van der Waals surface area contributed by atoms with Gasteiger partial charge in [-0.1, -0.05) is 19.1 Å². The third-order valence-corrected chi connectivity index (χ3v) is 3.75. The number of methoxy groups -OCH3 is 1.